The number of aromatic nitrogens is 2. The van der Waals surface area contributed by atoms with Crippen molar-refractivity contribution in [3.63, 3.8) is 0 Å². The SMILES string of the molecule is Cc1sc(Cl)cc1-c1nc(-c2cccs2)n(C)c1-c1cc(Cl)sc1C. The molecule has 0 saturated carbocycles. The van der Waals surface area contributed by atoms with E-state index in [4.69, 9.17) is 28.2 Å². The number of aryl methyl sites for hydroxylation is 2. The van der Waals surface area contributed by atoms with Crippen LogP contribution in [0.4, 0.5) is 0 Å². The predicted octanol–water partition coefficient (Wildman–Crippen LogP) is 7.53. The summed E-state index contributed by atoms with van der Waals surface area (Å²) in [6.45, 7) is 4.18. The van der Waals surface area contributed by atoms with Crippen molar-refractivity contribution in [1.82, 2.24) is 9.55 Å². The van der Waals surface area contributed by atoms with Gasteiger partial charge in [0.15, 0.2) is 5.82 Å². The summed E-state index contributed by atoms with van der Waals surface area (Å²) in [7, 11) is 2.06. The zero-order valence-corrected chi connectivity index (χ0v) is 17.7. The second-order valence-corrected chi connectivity index (χ2v) is 10.4. The van der Waals surface area contributed by atoms with E-state index in [0.29, 0.717) is 0 Å². The maximum Gasteiger partial charge on any atom is 0.151 e. The Morgan fingerprint density at radius 1 is 1.00 bits per heavy atom. The minimum Gasteiger partial charge on any atom is -0.326 e. The molecule has 0 aliphatic heterocycles. The van der Waals surface area contributed by atoms with E-state index in [9.17, 15) is 0 Å². The smallest absolute Gasteiger partial charge is 0.151 e. The predicted molar refractivity (Wildman–Crippen MR) is 113 cm³/mol. The molecule has 0 aliphatic carbocycles. The highest BCUT2D eigenvalue weighted by Gasteiger charge is 2.23. The van der Waals surface area contributed by atoms with Gasteiger partial charge in [0.1, 0.15) is 0 Å². The third-order valence-corrected chi connectivity index (χ3v) is 7.35. The Bertz CT molecular complexity index is 1050. The van der Waals surface area contributed by atoms with Crippen LogP contribution in [-0.2, 0) is 7.05 Å². The molecule has 2 nitrogen and oxygen atoms in total. The van der Waals surface area contributed by atoms with Crippen molar-refractivity contribution in [1.29, 1.82) is 0 Å². The van der Waals surface area contributed by atoms with Crippen LogP contribution < -0.4 is 0 Å². The summed E-state index contributed by atoms with van der Waals surface area (Å²) in [6.07, 6.45) is 0. The molecule has 0 saturated heterocycles. The summed E-state index contributed by atoms with van der Waals surface area (Å²) in [6, 6.07) is 8.19. The van der Waals surface area contributed by atoms with Gasteiger partial charge < -0.3 is 4.57 Å². The van der Waals surface area contributed by atoms with Crippen LogP contribution in [0.25, 0.3) is 33.2 Å². The number of nitrogens with zero attached hydrogens (tertiary/aromatic N) is 2. The highest BCUT2D eigenvalue weighted by Crippen LogP contribution is 2.44. The summed E-state index contributed by atoms with van der Waals surface area (Å²) in [5.41, 5.74) is 4.26. The number of hydrogen-bond donors (Lipinski definition) is 0. The van der Waals surface area contributed by atoms with Crippen LogP contribution in [0.15, 0.2) is 29.6 Å². The lowest BCUT2D eigenvalue weighted by atomic mass is 10.1. The van der Waals surface area contributed by atoms with Gasteiger partial charge in [0.05, 0.1) is 24.9 Å². The van der Waals surface area contributed by atoms with Gasteiger partial charge in [0, 0.05) is 27.9 Å². The molecule has 0 bridgehead atoms. The second kappa shape index (κ2) is 6.56. The Morgan fingerprint density at radius 3 is 2.16 bits per heavy atom. The number of imidazole rings is 1. The van der Waals surface area contributed by atoms with E-state index in [2.05, 4.69) is 36.9 Å². The molecule has 0 N–H and O–H groups in total. The summed E-state index contributed by atoms with van der Waals surface area (Å²) in [4.78, 5) is 8.51. The van der Waals surface area contributed by atoms with Crippen LogP contribution in [0.2, 0.25) is 8.67 Å². The molecule has 4 aromatic heterocycles. The van der Waals surface area contributed by atoms with E-state index in [1.54, 1.807) is 34.0 Å². The van der Waals surface area contributed by atoms with Gasteiger partial charge in [-0.05, 0) is 37.4 Å². The van der Waals surface area contributed by atoms with Gasteiger partial charge in [0.25, 0.3) is 0 Å². The first-order valence-electron chi connectivity index (χ1n) is 7.59. The molecule has 4 heterocycles. The van der Waals surface area contributed by atoms with Crippen LogP contribution >= 0.6 is 57.2 Å². The van der Waals surface area contributed by atoms with Gasteiger partial charge in [-0.1, -0.05) is 29.3 Å². The summed E-state index contributed by atoms with van der Waals surface area (Å²) < 4.78 is 3.73. The largest absolute Gasteiger partial charge is 0.326 e. The standard InChI is InChI=1S/C18H14Cl2N2S3/c1-9-11(7-14(19)24-9)16-17(12-8-15(20)25-10(12)2)22(3)18(21-16)13-5-4-6-23-13/h4-8H,1-3H3. The highest BCUT2D eigenvalue weighted by atomic mass is 35.5. The monoisotopic (exact) mass is 424 g/mol. The van der Waals surface area contributed by atoms with E-state index in [-0.39, 0.29) is 0 Å². The molecule has 0 aromatic carbocycles. The number of rotatable bonds is 3. The average Bonchev–Trinajstić information content (AvgIpc) is 3.28. The number of thiophene rings is 3. The molecule has 128 valence electrons. The van der Waals surface area contributed by atoms with Crippen molar-refractivity contribution in [2.75, 3.05) is 0 Å². The Balaban J connectivity index is 2.04. The molecule has 0 fully saturated rings. The van der Waals surface area contributed by atoms with Gasteiger partial charge in [-0.3, -0.25) is 0 Å². The fraction of sp³-hybridized carbons (Fsp3) is 0.167. The van der Waals surface area contributed by atoms with Crippen molar-refractivity contribution in [3.8, 4) is 33.2 Å². The molecule has 0 atom stereocenters. The van der Waals surface area contributed by atoms with Gasteiger partial charge >= 0.3 is 0 Å². The molecule has 4 aromatic rings. The average molecular weight is 425 g/mol. The first kappa shape index (κ1) is 17.3. The van der Waals surface area contributed by atoms with Gasteiger partial charge in [-0.2, -0.15) is 0 Å². The van der Waals surface area contributed by atoms with E-state index in [0.717, 1.165) is 41.9 Å². The molecule has 4 rings (SSSR count). The second-order valence-electron chi connectivity index (χ2n) is 5.71. The Morgan fingerprint density at radius 2 is 1.64 bits per heavy atom. The van der Waals surface area contributed by atoms with Crippen LogP contribution in [0.3, 0.4) is 0 Å². The van der Waals surface area contributed by atoms with E-state index in [1.807, 2.05) is 18.2 Å². The summed E-state index contributed by atoms with van der Waals surface area (Å²) in [5, 5.41) is 2.07. The van der Waals surface area contributed by atoms with Crippen LogP contribution in [0, 0.1) is 13.8 Å². The molecule has 0 unspecified atom stereocenters. The van der Waals surface area contributed by atoms with E-state index < -0.39 is 0 Å². The molecule has 0 radical (unpaired) electrons. The van der Waals surface area contributed by atoms with E-state index >= 15 is 0 Å². The molecule has 7 heteroatoms. The topological polar surface area (TPSA) is 17.8 Å². The Labute approximate surface area is 168 Å². The van der Waals surface area contributed by atoms with Crippen LogP contribution in [0.1, 0.15) is 9.75 Å². The minimum absolute atomic E-state index is 0.779. The maximum absolute atomic E-state index is 6.28. The van der Waals surface area contributed by atoms with Crippen molar-refractivity contribution in [2.45, 2.75) is 13.8 Å². The van der Waals surface area contributed by atoms with Crippen molar-refractivity contribution in [3.05, 3.63) is 48.1 Å². The fourth-order valence-corrected chi connectivity index (χ4v) is 6.11. The first-order valence-corrected chi connectivity index (χ1v) is 10.9. The highest BCUT2D eigenvalue weighted by molar-refractivity contribution is 7.17. The molecule has 0 amide bonds. The number of hydrogen-bond acceptors (Lipinski definition) is 4. The van der Waals surface area contributed by atoms with Crippen LogP contribution in [0.5, 0.6) is 0 Å². The Kier molecular flexibility index (Phi) is 4.54. The third kappa shape index (κ3) is 2.98. The number of halogens is 2. The molecular weight excluding hydrogens is 411 g/mol. The zero-order chi connectivity index (χ0) is 17.7. The summed E-state index contributed by atoms with van der Waals surface area (Å²) in [5.74, 6) is 0.962. The first-order chi connectivity index (χ1) is 12.0. The van der Waals surface area contributed by atoms with E-state index in [1.165, 1.54) is 9.75 Å². The fourth-order valence-electron chi connectivity index (χ4n) is 2.98. The van der Waals surface area contributed by atoms with Crippen molar-refractivity contribution >= 4 is 57.2 Å². The summed E-state index contributed by atoms with van der Waals surface area (Å²) >= 11 is 17.4. The molecule has 0 spiro atoms. The lowest BCUT2D eigenvalue weighted by molar-refractivity contribution is 0.936. The minimum atomic E-state index is 0.779. The zero-order valence-electron chi connectivity index (χ0n) is 13.8. The van der Waals surface area contributed by atoms with Crippen LogP contribution in [-0.4, -0.2) is 9.55 Å². The van der Waals surface area contributed by atoms with Crippen molar-refractivity contribution in [2.24, 2.45) is 7.05 Å². The lowest BCUT2D eigenvalue weighted by Crippen LogP contribution is -1.95. The van der Waals surface area contributed by atoms with Gasteiger partial charge in [-0.15, -0.1) is 34.0 Å². The molecular formula is C18H14Cl2N2S3. The maximum atomic E-state index is 6.28. The normalized spacial score (nSPS) is 11.4. The quantitative estimate of drug-likeness (QED) is 0.332. The lowest BCUT2D eigenvalue weighted by Gasteiger charge is -2.07. The third-order valence-electron chi connectivity index (χ3n) is 4.12. The Hall–Kier alpha value is -1.11. The molecule has 0 aliphatic rings. The van der Waals surface area contributed by atoms with Crippen molar-refractivity contribution < 1.29 is 0 Å². The molecule has 25 heavy (non-hydrogen) atoms. The van der Waals surface area contributed by atoms with Gasteiger partial charge in [0.2, 0.25) is 0 Å². The van der Waals surface area contributed by atoms with Gasteiger partial charge in [-0.25, -0.2) is 4.98 Å².